The molecule has 8 heteroatoms. The molecule has 1 fully saturated rings. The average molecular weight is 311 g/mol. The number of piperazine rings is 1. The molecule has 23 heavy (non-hydrogen) atoms. The molecule has 0 unspecified atom stereocenters. The summed E-state index contributed by atoms with van der Waals surface area (Å²) in [5, 5.41) is 16.1. The standard InChI is InChI=1S/C15H17N7O/c1-2-3-7-21-13-12(11-18-22(8-4-16)14(13)23)19-15(21)20-9-5-17-6-10-20/h11,17H,5-10H2,1H3. The molecule has 0 bridgehead atoms. The summed E-state index contributed by atoms with van der Waals surface area (Å²) in [6.07, 6.45) is 1.54. The minimum absolute atomic E-state index is 0.0810. The summed E-state index contributed by atoms with van der Waals surface area (Å²) >= 11 is 0. The first-order chi connectivity index (χ1) is 11.3. The lowest BCUT2D eigenvalue weighted by Crippen LogP contribution is -2.44. The number of anilines is 1. The van der Waals surface area contributed by atoms with Crippen LogP contribution in [0.5, 0.6) is 0 Å². The molecular formula is C15H17N7O. The molecule has 1 N–H and O–H groups in total. The van der Waals surface area contributed by atoms with Gasteiger partial charge in [-0.15, -0.1) is 5.92 Å². The maximum Gasteiger partial charge on any atom is 0.294 e. The van der Waals surface area contributed by atoms with Crippen LogP contribution < -0.4 is 15.8 Å². The molecule has 1 saturated heterocycles. The quantitative estimate of drug-likeness (QED) is 0.772. The first-order valence-corrected chi connectivity index (χ1v) is 7.45. The largest absolute Gasteiger partial charge is 0.340 e. The minimum Gasteiger partial charge on any atom is -0.340 e. The highest BCUT2D eigenvalue weighted by molar-refractivity contribution is 5.77. The number of hydrogen-bond acceptors (Lipinski definition) is 6. The van der Waals surface area contributed by atoms with E-state index in [4.69, 9.17) is 5.26 Å². The molecule has 2 aromatic rings. The molecule has 0 radical (unpaired) electrons. The van der Waals surface area contributed by atoms with Crippen molar-refractivity contribution >= 4 is 17.0 Å². The van der Waals surface area contributed by atoms with Crippen molar-refractivity contribution in [3.63, 3.8) is 0 Å². The van der Waals surface area contributed by atoms with Crippen molar-refractivity contribution in [1.29, 1.82) is 5.26 Å². The van der Waals surface area contributed by atoms with Gasteiger partial charge >= 0.3 is 0 Å². The highest BCUT2D eigenvalue weighted by Crippen LogP contribution is 2.20. The van der Waals surface area contributed by atoms with Crippen LogP contribution >= 0.6 is 0 Å². The van der Waals surface area contributed by atoms with E-state index in [1.54, 1.807) is 6.92 Å². The second-order valence-electron chi connectivity index (χ2n) is 5.16. The van der Waals surface area contributed by atoms with Gasteiger partial charge in [0.2, 0.25) is 5.95 Å². The van der Waals surface area contributed by atoms with Crippen molar-refractivity contribution in [2.24, 2.45) is 0 Å². The predicted molar refractivity (Wildman–Crippen MR) is 85.9 cm³/mol. The third-order valence-corrected chi connectivity index (χ3v) is 3.77. The summed E-state index contributed by atoms with van der Waals surface area (Å²) in [5.74, 6) is 6.59. The number of nitrogens with zero attached hydrogens (tertiary/aromatic N) is 6. The number of aromatic nitrogens is 4. The van der Waals surface area contributed by atoms with Crippen LogP contribution in [-0.2, 0) is 13.1 Å². The van der Waals surface area contributed by atoms with E-state index in [0.29, 0.717) is 17.6 Å². The van der Waals surface area contributed by atoms with E-state index >= 15 is 0 Å². The molecule has 1 aliphatic heterocycles. The van der Waals surface area contributed by atoms with Gasteiger partial charge in [0.1, 0.15) is 17.6 Å². The molecule has 0 amide bonds. The lowest BCUT2D eigenvalue weighted by molar-refractivity contribution is 0.572. The molecule has 3 rings (SSSR count). The van der Waals surface area contributed by atoms with E-state index < -0.39 is 0 Å². The van der Waals surface area contributed by atoms with Crippen LogP contribution in [-0.4, -0.2) is 45.5 Å². The van der Waals surface area contributed by atoms with Crippen molar-refractivity contribution in [2.75, 3.05) is 31.1 Å². The highest BCUT2D eigenvalue weighted by Gasteiger charge is 2.21. The predicted octanol–water partition coefficient (Wildman–Crippen LogP) is -0.451. The number of imidazole rings is 1. The first-order valence-electron chi connectivity index (χ1n) is 7.45. The number of nitriles is 1. The summed E-state index contributed by atoms with van der Waals surface area (Å²) in [6, 6.07) is 1.95. The van der Waals surface area contributed by atoms with E-state index in [2.05, 4.69) is 32.1 Å². The normalized spacial score (nSPS) is 14.3. The summed E-state index contributed by atoms with van der Waals surface area (Å²) in [7, 11) is 0. The second-order valence-corrected chi connectivity index (χ2v) is 5.16. The van der Waals surface area contributed by atoms with Gasteiger partial charge in [-0.25, -0.2) is 9.67 Å². The van der Waals surface area contributed by atoms with Crippen LogP contribution in [0.3, 0.4) is 0 Å². The molecule has 1 aliphatic rings. The van der Waals surface area contributed by atoms with Gasteiger partial charge in [0, 0.05) is 26.2 Å². The zero-order valence-corrected chi connectivity index (χ0v) is 12.9. The lowest BCUT2D eigenvalue weighted by Gasteiger charge is -2.28. The second kappa shape index (κ2) is 6.51. The van der Waals surface area contributed by atoms with Crippen LogP contribution in [0, 0.1) is 23.2 Å². The Labute approximate surface area is 133 Å². The number of nitrogens with one attached hydrogen (secondary N) is 1. The summed E-state index contributed by atoms with van der Waals surface area (Å²) < 4.78 is 2.98. The fraction of sp³-hybridized carbons (Fsp3) is 0.467. The first kappa shape index (κ1) is 15.1. The SMILES string of the molecule is CC#CCn1c(N2CCNCC2)nc2cnn(CC#N)c(=O)c21. The molecule has 0 atom stereocenters. The Morgan fingerprint density at radius 2 is 2.13 bits per heavy atom. The summed E-state index contributed by atoms with van der Waals surface area (Å²) in [4.78, 5) is 19.3. The van der Waals surface area contributed by atoms with Crippen molar-refractivity contribution in [3.05, 3.63) is 16.6 Å². The van der Waals surface area contributed by atoms with Crippen molar-refractivity contribution in [3.8, 4) is 17.9 Å². The number of rotatable bonds is 3. The molecule has 0 saturated carbocycles. The van der Waals surface area contributed by atoms with Crippen LogP contribution in [0.4, 0.5) is 5.95 Å². The molecule has 8 nitrogen and oxygen atoms in total. The molecule has 3 heterocycles. The van der Waals surface area contributed by atoms with Gasteiger partial charge in [-0.3, -0.25) is 9.36 Å². The molecule has 0 aromatic carbocycles. The molecular weight excluding hydrogens is 294 g/mol. The van der Waals surface area contributed by atoms with E-state index in [9.17, 15) is 4.79 Å². The van der Waals surface area contributed by atoms with Crippen molar-refractivity contribution in [2.45, 2.75) is 20.0 Å². The zero-order valence-electron chi connectivity index (χ0n) is 12.9. The van der Waals surface area contributed by atoms with E-state index in [-0.39, 0.29) is 12.1 Å². The van der Waals surface area contributed by atoms with Gasteiger partial charge in [0.05, 0.1) is 18.8 Å². The smallest absolute Gasteiger partial charge is 0.294 e. The highest BCUT2D eigenvalue weighted by atomic mass is 16.1. The van der Waals surface area contributed by atoms with Gasteiger partial charge in [-0.05, 0) is 6.92 Å². The minimum atomic E-state index is -0.309. The maximum atomic E-state index is 12.6. The number of fused-ring (bicyclic) bond motifs is 1. The average Bonchev–Trinajstić information content (AvgIpc) is 2.96. The van der Waals surface area contributed by atoms with Gasteiger partial charge < -0.3 is 10.2 Å². The Bertz CT molecular complexity index is 871. The fourth-order valence-corrected chi connectivity index (χ4v) is 2.67. The van der Waals surface area contributed by atoms with Gasteiger partial charge in [0.25, 0.3) is 5.56 Å². The molecule has 0 aliphatic carbocycles. The molecule has 0 spiro atoms. The third kappa shape index (κ3) is 2.77. The Morgan fingerprint density at radius 1 is 1.35 bits per heavy atom. The summed E-state index contributed by atoms with van der Waals surface area (Å²) in [6.45, 7) is 5.46. The van der Waals surface area contributed by atoms with Crippen LogP contribution in [0.1, 0.15) is 6.92 Å². The Kier molecular flexibility index (Phi) is 4.26. The Balaban J connectivity index is 2.18. The Morgan fingerprint density at radius 3 is 2.83 bits per heavy atom. The fourth-order valence-electron chi connectivity index (χ4n) is 2.67. The van der Waals surface area contributed by atoms with Crippen LogP contribution in [0.25, 0.3) is 11.0 Å². The van der Waals surface area contributed by atoms with Gasteiger partial charge in [-0.1, -0.05) is 5.92 Å². The van der Waals surface area contributed by atoms with E-state index in [0.717, 1.165) is 36.8 Å². The number of hydrogen-bond donors (Lipinski definition) is 1. The summed E-state index contributed by atoms with van der Waals surface area (Å²) in [5.41, 5.74) is 0.679. The van der Waals surface area contributed by atoms with E-state index in [1.165, 1.54) is 6.20 Å². The molecule has 2 aromatic heterocycles. The van der Waals surface area contributed by atoms with Crippen molar-refractivity contribution < 1.29 is 0 Å². The molecule has 118 valence electrons. The van der Waals surface area contributed by atoms with Gasteiger partial charge in [0.15, 0.2) is 0 Å². The monoisotopic (exact) mass is 311 g/mol. The van der Waals surface area contributed by atoms with E-state index in [1.807, 2.05) is 10.6 Å². The van der Waals surface area contributed by atoms with Crippen molar-refractivity contribution in [1.82, 2.24) is 24.6 Å². The topological polar surface area (TPSA) is 91.8 Å². The Hall–Kier alpha value is -2.84. The van der Waals surface area contributed by atoms with Gasteiger partial charge in [-0.2, -0.15) is 10.4 Å². The third-order valence-electron chi connectivity index (χ3n) is 3.77. The van der Waals surface area contributed by atoms with Crippen LogP contribution in [0.2, 0.25) is 0 Å². The lowest BCUT2D eigenvalue weighted by atomic mass is 10.4. The maximum absolute atomic E-state index is 12.6. The zero-order chi connectivity index (χ0) is 16.2. The van der Waals surface area contributed by atoms with Crippen LogP contribution in [0.15, 0.2) is 11.0 Å².